The average Bonchev–Trinajstić information content (AvgIpc) is 2.23. The first-order valence-electron chi connectivity index (χ1n) is 4.97. The van der Waals surface area contributed by atoms with Crippen LogP contribution in [0.3, 0.4) is 0 Å². The van der Waals surface area contributed by atoms with Crippen molar-refractivity contribution in [2.24, 2.45) is 0 Å². The Bertz CT molecular complexity index is 446. The number of nitriles is 1. The molecule has 0 aliphatic heterocycles. The van der Waals surface area contributed by atoms with Crippen molar-refractivity contribution < 1.29 is 14.6 Å². The lowest BCUT2D eigenvalue weighted by Gasteiger charge is -2.08. The topological polar surface area (TPSA) is 70.3 Å². The molecule has 4 heteroatoms. The van der Waals surface area contributed by atoms with E-state index in [2.05, 4.69) is 0 Å². The number of hydrogen-bond donors (Lipinski definition) is 1. The number of nitrogens with zero attached hydrogens (tertiary/aromatic N) is 1. The fourth-order valence-corrected chi connectivity index (χ4v) is 1.44. The molecule has 0 saturated carbocycles. The molecule has 0 spiro atoms. The lowest BCUT2D eigenvalue weighted by Crippen LogP contribution is -2.09. The number of carbonyl (C=O) groups is 1. The van der Waals surface area contributed by atoms with Crippen molar-refractivity contribution in [2.45, 2.75) is 20.3 Å². The Balaban J connectivity index is 2.99. The normalized spacial score (nSPS) is 9.56. The minimum atomic E-state index is -0.333. The van der Waals surface area contributed by atoms with Crippen molar-refractivity contribution in [3.63, 3.8) is 0 Å². The van der Waals surface area contributed by atoms with Crippen LogP contribution < -0.4 is 0 Å². The molecule has 1 aromatic rings. The van der Waals surface area contributed by atoms with Crippen LogP contribution in [0.25, 0.3) is 0 Å². The van der Waals surface area contributed by atoms with Gasteiger partial charge in [-0.05, 0) is 31.0 Å². The maximum absolute atomic E-state index is 11.3. The second kappa shape index (κ2) is 5.17. The predicted octanol–water partition coefficient (Wildman–Crippen LogP) is 1.68. The lowest BCUT2D eigenvalue weighted by molar-refractivity contribution is -0.142. The zero-order valence-electron chi connectivity index (χ0n) is 9.28. The van der Waals surface area contributed by atoms with Gasteiger partial charge in [0.2, 0.25) is 0 Å². The number of phenols is 1. The van der Waals surface area contributed by atoms with Crippen LogP contribution in [0.1, 0.15) is 23.6 Å². The molecule has 0 saturated heterocycles. The van der Waals surface area contributed by atoms with Gasteiger partial charge in [0.05, 0.1) is 18.6 Å². The summed E-state index contributed by atoms with van der Waals surface area (Å²) >= 11 is 0. The van der Waals surface area contributed by atoms with E-state index < -0.39 is 0 Å². The van der Waals surface area contributed by atoms with Crippen LogP contribution in [0.5, 0.6) is 5.75 Å². The maximum atomic E-state index is 11.3. The smallest absolute Gasteiger partial charge is 0.310 e. The molecule has 0 bridgehead atoms. The molecule has 0 radical (unpaired) electrons. The van der Waals surface area contributed by atoms with Crippen LogP contribution in [0, 0.1) is 18.3 Å². The molecule has 0 unspecified atom stereocenters. The number of ether oxygens (including phenoxy) is 1. The van der Waals surface area contributed by atoms with Gasteiger partial charge >= 0.3 is 5.97 Å². The highest BCUT2D eigenvalue weighted by Crippen LogP contribution is 2.23. The fraction of sp³-hybridized carbons (Fsp3) is 0.333. The van der Waals surface area contributed by atoms with Gasteiger partial charge in [-0.1, -0.05) is 6.07 Å². The van der Waals surface area contributed by atoms with E-state index in [0.717, 1.165) is 0 Å². The highest BCUT2D eigenvalue weighted by atomic mass is 16.5. The third-order valence-corrected chi connectivity index (χ3v) is 2.31. The minimum Gasteiger partial charge on any atom is -0.507 e. The van der Waals surface area contributed by atoms with Gasteiger partial charge in [0.25, 0.3) is 0 Å². The Morgan fingerprint density at radius 3 is 2.81 bits per heavy atom. The fourth-order valence-electron chi connectivity index (χ4n) is 1.44. The Morgan fingerprint density at radius 2 is 2.25 bits per heavy atom. The Morgan fingerprint density at radius 1 is 1.56 bits per heavy atom. The minimum absolute atomic E-state index is 0.0624. The van der Waals surface area contributed by atoms with Crippen molar-refractivity contribution in [1.82, 2.24) is 0 Å². The molecule has 0 atom stereocenters. The van der Waals surface area contributed by atoms with Crippen LogP contribution in [-0.2, 0) is 16.0 Å². The summed E-state index contributed by atoms with van der Waals surface area (Å²) in [6.45, 7) is 3.77. The number of phenolic OH excluding ortho intramolecular Hbond substituents is 1. The third kappa shape index (κ3) is 2.51. The Kier molecular flexibility index (Phi) is 3.90. The molecule has 1 rings (SSSR count). The molecule has 0 heterocycles. The molecule has 4 nitrogen and oxygen atoms in total. The van der Waals surface area contributed by atoms with Crippen LogP contribution in [0.4, 0.5) is 0 Å². The molecular weight excluding hydrogens is 206 g/mol. The van der Waals surface area contributed by atoms with Crippen LogP contribution in [-0.4, -0.2) is 17.7 Å². The number of aromatic hydroxyl groups is 1. The quantitative estimate of drug-likeness (QED) is 0.785. The van der Waals surface area contributed by atoms with E-state index in [9.17, 15) is 9.90 Å². The first-order chi connectivity index (χ1) is 7.60. The van der Waals surface area contributed by atoms with Gasteiger partial charge in [0.1, 0.15) is 11.8 Å². The highest BCUT2D eigenvalue weighted by molar-refractivity contribution is 5.73. The van der Waals surface area contributed by atoms with E-state index in [1.54, 1.807) is 19.9 Å². The summed E-state index contributed by atoms with van der Waals surface area (Å²) in [7, 11) is 0. The summed E-state index contributed by atoms with van der Waals surface area (Å²) in [5.74, 6) is -0.396. The van der Waals surface area contributed by atoms with Crippen molar-refractivity contribution in [1.29, 1.82) is 5.26 Å². The molecule has 0 fully saturated rings. The SMILES string of the molecule is CCOC(=O)Cc1ccc(O)c(C#N)c1C. The summed E-state index contributed by atoms with van der Waals surface area (Å²) in [5.41, 5.74) is 1.53. The summed E-state index contributed by atoms with van der Waals surface area (Å²) < 4.78 is 4.82. The first-order valence-corrected chi connectivity index (χ1v) is 4.97. The van der Waals surface area contributed by atoms with Gasteiger partial charge in [-0.15, -0.1) is 0 Å². The molecular formula is C12H13NO3. The molecule has 1 aromatic carbocycles. The van der Waals surface area contributed by atoms with E-state index in [1.165, 1.54) is 6.07 Å². The molecule has 1 N–H and O–H groups in total. The standard InChI is InChI=1S/C12H13NO3/c1-3-16-12(15)6-9-4-5-11(14)10(7-13)8(9)2/h4-5,14H,3,6H2,1-2H3. The number of hydrogen-bond acceptors (Lipinski definition) is 4. The van der Waals surface area contributed by atoms with E-state index >= 15 is 0 Å². The highest BCUT2D eigenvalue weighted by Gasteiger charge is 2.12. The van der Waals surface area contributed by atoms with Gasteiger partial charge in [-0.25, -0.2) is 0 Å². The zero-order valence-corrected chi connectivity index (χ0v) is 9.28. The Hall–Kier alpha value is -2.02. The molecule has 0 aliphatic carbocycles. The van der Waals surface area contributed by atoms with E-state index in [-0.39, 0.29) is 23.7 Å². The van der Waals surface area contributed by atoms with E-state index in [1.807, 2.05) is 6.07 Å². The maximum Gasteiger partial charge on any atom is 0.310 e. The second-order valence-electron chi connectivity index (χ2n) is 3.34. The molecule has 84 valence electrons. The van der Waals surface area contributed by atoms with Gasteiger partial charge < -0.3 is 9.84 Å². The largest absolute Gasteiger partial charge is 0.507 e. The number of esters is 1. The van der Waals surface area contributed by atoms with Gasteiger partial charge in [-0.2, -0.15) is 5.26 Å². The van der Waals surface area contributed by atoms with Crippen LogP contribution in [0.2, 0.25) is 0 Å². The zero-order chi connectivity index (χ0) is 12.1. The van der Waals surface area contributed by atoms with Gasteiger partial charge in [-0.3, -0.25) is 4.79 Å². The molecule has 0 amide bonds. The summed E-state index contributed by atoms with van der Waals surface area (Å²) in [6, 6.07) is 4.95. The predicted molar refractivity (Wildman–Crippen MR) is 57.9 cm³/mol. The first kappa shape index (κ1) is 12.1. The number of benzene rings is 1. The van der Waals surface area contributed by atoms with Crippen LogP contribution >= 0.6 is 0 Å². The van der Waals surface area contributed by atoms with Crippen LogP contribution in [0.15, 0.2) is 12.1 Å². The molecule has 0 aromatic heterocycles. The molecule has 16 heavy (non-hydrogen) atoms. The van der Waals surface area contributed by atoms with Crippen molar-refractivity contribution in [3.05, 3.63) is 28.8 Å². The monoisotopic (exact) mass is 219 g/mol. The summed E-state index contributed by atoms with van der Waals surface area (Å²) in [5, 5.41) is 18.2. The van der Waals surface area contributed by atoms with E-state index in [0.29, 0.717) is 17.7 Å². The molecule has 0 aliphatic rings. The number of rotatable bonds is 3. The average molecular weight is 219 g/mol. The van der Waals surface area contributed by atoms with E-state index in [4.69, 9.17) is 10.00 Å². The number of carbonyl (C=O) groups excluding carboxylic acids is 1. The second-order valence-corrected chi connectivity index (χ2v) is 3.34. The lowest BCUT2D eigenvalue weighted by atomic mass is 10.00. The Labute approximate surface area is 94.1 Å². The van der Waals surface area contributed by atoms with Gasteiger partial charge in [0, 0.05) is 0 Å². The summed E-state index contributed by atoms with van der Waals surface area (Å²) in [6.07, 6.45) is 0.120. The summed E-state index contributed by atoms with van der Waals surface area (Å²) in [4.78, 5) is 11.3. The van der Waals surface area contributed by atoms with Crippen molar-refractivity contribution in [3.8, 4) is 11.8 Å². The van der Waals surface area contributed by atoms with Gasteiger partial charge in [0.15, 0.2) is 0 Å². The van der Waals surface area contributed by atoms with Crippen molar-refractivity contribution in [2.75, 3.05) is 6.61 Å². The third-order valence-electron chi connectivity index (χ3n) is 2.31. The van der Waals surface area contributed by atoms with Crippen molar-refractivity contribution >= 4 is 5.97 Å².